The number of ketones is 1. The highest BCUT2D eigenvalue weighted by molar-refractivity contribution is 6.14. The molecule has 0 N–H and O–H groups in total. The van der Waals surface area contributed by atoms with Crippen molar-refractivity contribution in [2.24, 2.45) is 0 Å². The summed E-state index contributed by atoms with van der Waals surface area (Å²) in [5.41, 5.74) is 2.84. The van der Waals surface area contributed by atoms with Crippen molar-refractivity contribution in [1.29, 1.82) is 0 Å². The molecule has 29 heavy (non-hydrogen) atoms. The number of esters is 1. The molecular formula is C24H19NO4. The number of benzene rings is 3. The lowest BCUT2D eigenvalue weighted by Crippen LogP contribution is -2.33. The van der Waals surface area contributed by atoms with E-state index in [2.05, 4.69) is 0 Å². The van der Waals surface area contributed by atoms with E-state index in [1.54, 1.807) is 47.4 Å². The summed E-state index contributed by atoms with van der Waals surface area (Å²) in [6, 6.07) is 22.9. The van der Waals surface area contributed by atoms with Crippen molar-refractivity contribution >= 4 is 23.3 Å². The van der Waals surface area contributed by atoms with Crippen LogP contribution in [0, 0.1) is 0 Å². The Kier molecular flexibility index (Phi) is 5.20. The van der Waals surface area contributed by atoms with Gasteiger partial charge in [-0.3, -0.25) is 9.59 Å². The van der Waals surface area contributed by atoms with Crippen LogP contribution in [0.4, 0.5) is 5.69 Å². The van der Waals surface area contributed by atoms with E-state index in [1.807, 2.05) is 30.3 Å². The second kappa shape index (κ2) is 8.10. The summed E-state index contributed by atoms with van der Waals surface area (Å²) < 4.78 is 5.26. The van der Waals surface area contributed by atoms with Gasteiger partial charge < -0.3 is 9.64 Å². The van der Waals surface area contributed by atoms with Crippen molar-refractivity contribution < 1.29 is 19.1 Å². The van der Waals surface area contributed by atoms with Crippen molar-refractivity contribution in [3.63, 3.8) is 0 Å². The molecule has 5 nitrogen and oxygen atoms in total. The number of para-hydroxylation sites is 1. The first-order chi connectivity index (χ1) is 14.1. The normalized spacial score (nSPS) is 12.3. The monoisotopic (exact) mass is 385 g/mol. The van der Waals surface area contributed by atoms with Crippen LogP contribution in [-0.2, 0) is 16.0 Å². The van der Waals surface area contributed by atoms with Gasteiger partial charge in [0.05, 0.1) is 5.56 Å². The van der Waals surface area contributed by atoms with E-state index in [-0.39, 0.29) is 29.4 Å². The Morgan fingerprint density at radius 1 is 0.793 bits per heavy atom. The zero-order chi connectivity index (χ0) is 20.2. The van der Waals surface area contributed by atoms with Gasteiger partial charge in [0.15, 0.2) is 12.4 Å². The third kappa shape index (κ3) is 3.80. The molecule has 0 atom stereocenters. The number of hydrogen-bond donors (Lipinski definition) is 0. The van der Waals surface area contributed by atoms with Crippen molar-refractivity contribution in [2.45, 2.75) is 6.42 Å². The Labute approximate surface area is 168 Å². The molecular weight excluding hydrogens is 366 g/mol. The molecule has 0 unspecified atom stereocenters. The van der Waals surface area contributed by atoms with Gasteiger partial charge in [0, 0.05) is 23.4 Å². The van der Waals surface area contributed by atoms with E-state index in [0.29, 0.717) is 12.1 Å². The molecule has 1 aliphatic rings. The van der Waals surface area contributed by atoms with Crippen molar-refractivity contribution in [3.8, 4) is 0 Å². The summed E-state index contributed by atoms with van der Waals surface area (Å²) in [5, 5.41) is 0. The molecule has 0 aliphatic carbocycles. The number of fused-ring (bicyclic) bond motifs is 1. The van der Waals surface area contributed by atoms with Gasteiger partial charge in [0.2, 0.25) is 0 Å². The third-order valence-electron chi connectivity index (χ3n) is 4.94. The lowest BCUT2D eigenvalue weighted by Gasteiger charge is -2.17. The number of nitrogens with zero attached hydrogens (tertiary/aromatic N) is 1. The predicted octanol–water partition coefficient (Wildman–Crippen LogP) is 3.66. The number of amides is 1. The molecule has 144 valence electrons. The molecule has 3 aromatic rings. The quantitative estimate of drug-likeness (QED) is 0.497. The van der Waals surface area contributed by atoms with Gasteiger partial charge in [0.1, 0.15) is 0 Å². The fourth-order valence-corrected chi connectivity index (χ4v) is 3.48. The summed E-state index contributed by atoms with van der Waals surface area (Å²) in [6.45, 7) is 0.194. The molecule has 1 heterocycles. The Morgan fingerprint density at radius 2 is 1.45 bits per heavy atom. The molecule has 0 saturated heterocycles. The van der Waals surface area contributed by atoms with E-state index >= 15 is 0 Å². The van der Waals surface area contributed by atoms with Gasteiger partial charge in [-0.1, -0.05) is 66.7 Å². The topological polar surface area (TPSA) is 63.7 Å². The van der Waals surface area contributed by atoms with Crippen LogP contribution in [0.15, 0.2) is 78.9 Å². The molecule has 0 fully saturated rings. The second-order valence-corrected chi connectivity index (χ2v) is 6.74. The van der Waals surface area contributed by atoms with Crippen LogP contribution in [0.25, 0.3) is 0 Å². The largest absolute Gasteiger partial charge is 0.452 e. The molecule has 0 saturated carbocycles. The van der Waals surface area contributed by atoms with Gasteiger partial charge in [-0.25, -0.2) is 4.79 Å². The Balaban J connectivity index is 1.47. The van der Waals surface area contributed by atoms with E-state index < -0.39 is 5.97 Å². The number of carbonyl (C=O) groups is 3. The summed E-state index contributed by atoms with van der Waals surface area (Å²) in [5.74, 6) is -1.24. The lowest BCUT2D eigenvalue weighted by molar-refractivity contribution is -0.121. The fourth-order valence-electron chi connectivity index (χ4n) is 3.48. The summed E-state index contributed by atoms with van der Waals surface area (Å²) in [7, 11) is 0. The number of hydrogen-bond acceptors (Lipinski definition) is 4. The number of ether oxygens (including phenoxy) is 1. The van der Waals surface area contributed by atoms with Crippen LogP contribution >= 0.6 is 0 Å². The van der Waals surface area contributed by atoms with Gasteiger partial charge in [-0.2, -0.15) is 0 Å². The lowest BCUT2D eigenvalue weighted by atomic mass is 9.98. The summed E-state index contributed by atoms with van der Waals surface area (Å²) >= 11 is 0. The van der Waals surface area contributed by atoms with Gasteiger partial charge in [-0.15, -0.1) is 0 Å². The number of anilines is 1. The van der Waals surface area contributed by atoms with Crippen LogP contribution in [0.1, 0.15) is 31.8 Å². The SMILES string of the molecule is O=C(OCC(=O)N1CCc2ccccc21)c1ccccc1C(=O)c1ccccc1. The first-order valence-corrected chi connectivity index (χ1v) is 9.39. The van der Waals surface area contributed by atoms with E-state index in [0.717, 1.165) is 17.7 Å². The van der Waals surface area contributed by atoms with Crippen molar-refractivity contribution in [2.75, 3.05) is 18.1 Å². The molecule has 5 heteroatoms. The number of rotatable bonds is 5. The van der Waals surface area contributed by atoms with Gasteiger partial charge in [-0.05, 0) is 24.1 Å². The maximum atomic E-state index is 12.8. The van der Waals surface area contributed by atoms with Gasteiger partial charge in [0.25, 0.3) is 5.91 Å². The molecule has 1 aliphatic heterocycles. The Hall–Kier alpha value is -3.73. The maximum absolute atomic E-state index is 12.8. The molecule has 1 amide bonds. The van der Waals surface area contributed by atoms with E-state index in [4.69, 9.17) is 4.74 Å². The zero-order valence-corrected chi connectivity index (χ0v) is 15.7. The smallest absolute Gasteiger partial charge is 0.339 e. The Morgan fingerprint density at radius 3 is 2.24 bits per heavy atom. The van der Waals surface area contributed by atoms with E-state index in [1.165, 1.54) is 6.07 Å². The zero-order valence-electron chi connectivity index (χ0n) is 15.7. The second-order valence-electron chi connectivity index (χ2n) is 6.74. The minimum absolute atomic E-state index is 0.149. The van der Waals surface area contributed by atoms with Crippen molar-refractivity contribution in [3.05, 3.63) is 101 Å². The van der Waals surface area contributed by atoms with Gasteiger partial charge >= 0.3 is 5.97 Å². The maximum Gasteiger partial charge on any atom is 0.339 e. The predicted molar refractivity (Wildman–Crippen MR) is 109 cm³/mol. The van der Waals surface area contributed by atoms with Crippen LogP contribution < -0.4 is 4.90 Å². The summed E-state index contributed by atoms with van der Waals surface area (Å²) in [6.07, 6.45) is 0.782. The van der Waals surface area contributed by atoms with E-state index in [9.17, 15) is 14.4 Å². The molecule has 0 aromatic heterocycles. The molecule has 0 spiro atoms. The minimum Gasteiger partial charge on any atom is -0.452 e. The van der Waals surface area contributed by atoms with Crippen LogP contribution in [-0.4, -0.2) is 30.8 Å². The average Bonchev–Trinajstić information content (AvgIpc) is 3.21. The first-order valence-electron chi connectivity index (χ1n) is 9.39. The fraction of sp³-hybridized carbons (Fsp3) is 0.125. The highest BCUT2D eigenvalue weighted by Crippen LogP contribution is 2.27. The highest BCUT2D eigenvalue weighted by atomic mass is 16.5. The average molecular weight is 385 g/mol. The Bertz CT molecular complexity index is 1080. The van der Waals surface area contributed by atoms with Crippen LogP contribution in [0.3, 0.4) is 0 Å². The first kappa shape index (κ1) is 18.6. The highest BCUT2D eigenvalue weighted by Gasteiger charge is 2.26. The van der Waals surface area contributed by atoms with Crippen LogP contribution in [0.2, 0.25) is 0 Å². The molecule has 0 bridgehead atoms. The molecule has 0 radical (unpaired) electrons. The van der Waals surface area contributed by atoms with Crippen molar-refractivity contribution in [1.82, 2.24) is 0 Å². The molecule has 4 rings (SSSR count). The summed E-state index contributed by atoms with van der Waals surface area (Å²) in [4.78, 5) is 39.6. The van der Waals surface area contributed by atoms with Crippen LogP contribution in [0.5, 0.6) is 0 Å². The number of carbonyl (C=O) groups excluding carboxylic acids is 3. The third-order valence-corrected chi connectivity index (χ3v) is 4.94. The molecule has 3 aromatic carbocycles. The standard InChI is InChI=1S/C24H19NO4/c26-22(25-15-14-17-8-4-7-13-21(17)25)16-29-24(28)20-12-6-5-11-19(20)23(27)18-9-2-1-3-10-18/h1-13H,14-16H2. The minimum atomic E-state index is -0.689.